The summed E-state index contributed by atoms with van der Waals surface area (Å²) in [5, 5.41) is 0. The number of aromatic nitrogens is 1. The van der Waals surface area contributed by atoms with Crippen LogP contribution < -0.4 is 0 Å². The third-order valence-electron chi connectivity index (χ3n) is 1.67. The van der Waals surface area contributed by atoms with Crippen LogP contribution in [0.5, 0.6) is 0 Å². The van der Waals surface area contributed by atoms with Gasteiger partial charge in [0.1, 0.15) is 0 Å². The smallest absolute Gasteiger partial charge is 0.0124 e. The first-order valence-electron chi connectivity index (χ1n) is 3.65. The van der Waals surface area contributed by atoms with Crippen molar-refractivity contribution < 1.29 is 21.1 Å². The first-order valence-corrected chi connectivity index (χ1v) is 3.65. The molecule has 0 saturated heterocycles. The van der Waals surface area contributed by atoms with E-state index >= 15 is 0 Å². The van der Waals surface area contributed by atoms with Crippen molar-refractivity contribution in [3.8, 4) is 0 Å². The topological polar surface area (TPSA) is 12.9 Å². The van der Waals surface area contributed by atoms with E-state index in [4.69, 9.17) is 0 Å². The Labute approximate surface area is 86.5 Å². The van der Waals surface area contributed by atoms with E-state index in [1.807, 2.05) is 30.5 Å². The molecule has 1 aliphatic carbocycles. The molecule has 0 radical (unpaired) electrons. The Balaban J connectivity index is 0.000000720. The standard InChI is InChI=1S/C10H8N.Pt/c1-2-6-9(5-1)10-7-3-4-8-11-10;/h1-4,7-8H,5H2;/q-1;. The molecule has 1 aromatic heterocycles. The van der Waals surface area contributed by atoms with Crippen molar-refractivity contribution in [1.82, 2.24) is 4.98 Å². The van der Waals surface area contributed by atoms with Crippen LogP contribution in [0, 0.1) is 6.08 Å². The van der Waals surface area contributed by atoms with E-state index in [1.165, 1.54) is 5.57 Å². The zero-order valence-electron chi connectivity index (χ0n) is 6.43. The van der Waals surface area contributed by atoms with E-state index in [-0.39, 0.29) is 21.1 Å². The Morgan fingerprint density at radius 3 is 2.83 bits per heavy atom. The molecular weight excluding hydrogens is 329 g/mol. The summed E-state index contributed by atoms with van der Waals surface area (Å²) < 4.78 is 0. The number of pyridine rings is 1. The van der Waals surface area contributed by atoms with E-state index in [2.05, 4.69) is 17.1 Å². The Hall–Kier alpha value is -0.682. The fourth-order valence-electron chi connectivity index (χ4n) is 1.12. The third kappa shape index (κ3) is 1.92. The van der Waals surface area contributed by atoms with Gasteiger partial charge in [0.2, 0.25) is 0 Å². The summed E-state index contributed by atoms with van der Waals surface area (Å²) in [6, 6.07) is 5.93. The minimum absolute atomic E-state index is 0. The Morgan fingerprint density at radius 2 is 2.25 bits per heavy atom. The van der Waals surface area contributed by atoms with Crippen LogP contribution >= 0.6 is 0 Å². The molecule has 0 unspecified atom stereocenters. The van der Waals surface area contributed by atoms with Gasteiger partial charge in [-0.3, -0.25) is 0 Å². The van der Waals surface area contributed by atoms with E-state index in [9.17, 15) is 0 Å². The Kier molecular flexibility index (Phi) is 3.43. The Bertz CT molecular complexity index is 301. The molecule has 1 nitrogen and oxygen atoms in total. The quantitative estimate of drug-likeness (QED) is 0.716. The maximum Gasteiger partial charge on any atom is 0.0124 e. The summed E-state index contributed by atoms with van der Waals surface area (Å²) in [7, 11) is 0. The number of hydrogen-bond donors (Lipinski definition) is 0. The summed E-state index contributed by atoms with van der Waals surface area (Å²) in [6.45, 7) is 0. The molecule has 2 rings (SSSR count). The van der Waals surface area contributed by atoms with Gasteiger partial charge in [-0.05, 0) is 11.8 Å². The molecule has 0 bridgehead atoms. The molecule has 0 spiro atoms. The molecule has 2 heteroatoms. The minimum Gasteiger partial charge on any atom is -0.320 e. The fourth-order valence-corrected chi connectivity index (χ4v) is 1.12. The summed E-state index contributed by atoms with van der Waals surface area (Å²) in [5.74, 6) is 0. The summed E-state index contributed by atoms with van der Waals surface area (Å²) in [5.41, 5.74) is 2.23. The average molecular weight is 337 g/mol. The second-order valence-corrected chi connectivity index (χ2v) is 2.44. The van der Waals surface area contributed by atoms with Crippen molar-refractivity contribution in [3.05, 3.63) is 48.3 Å². The van der Waals surface area contributed by atoms with Gasteiger partial charge in [0, 0.05) is 27.3 Å². The molecule has 0 amide bonds. The molecule has 0 fully saturated rings. The van der Waals surface area contributed by atoms with Crippen LogP contribution in [0.25, 0.3) is 5.57 Å². The SMILES string of the molecule is [C-]1=C(c2ccccn2)CC=C1.[Pt]. The van der Waals surface area contributed by atoms with Gasteiger partial charge < -0.3 is 4.98 Å². The summed E-state index contributed by atoms with van der Waals surface area (Å²) in [6.07, 6.45) is 9.96. The van der Waals surface area contributed by atoms with Gasteiger partial charge in [-0.15, -0.1) is 5.57 Å². The van der Waals surface area contributed by atoms with E-state index < -0.39 is 0 Å². The fraction of sp³-hybridized carbons (Fsp3) is 0.100. The second kappa shape index (κ2) is 4.37. The number of nitrogens with zero attached hydrogens (tertiary/aromatic N) is 1. The maximum atomic E-state index is 4.22. The molecule has 0 aromatic carbocycles. The Morgan fingerprint density at radius 1 is 1.33 bits per heavy atom. The molecule has 12 heavy (non-hydrogen) atoms. The van der Waals surface area contributed by atoms with Crippen molar-refractivity contribution in [2.75, 3.05) is 0 Å². The first-order chi connectivity index (χ1) is 5.47. The predicted molar refractivity (Wildman–Crippen MR) is 44.6 cm³/mol. The minimum atomic E-state index is 0. The maximum absolute atomic E-state index is 4.22. The van der Waals surface area contributed by atoms with Crippen LogP contribution in [-0.2, 0) is 21.1 Å². The first kappa shape index (κ1) is 9.41. The second-order valence-electron chi connectivity index (χ2n) is 2.44. The van der Waals surface area contributed by atoms with Crippen LogP contribution in [0.15, 0.2) is 36.5 Å². The number of hydrogen-bond acceptors (Lipinski definition) is 1. The molecule has 64 valence electrons. The van der Waals surface area contributed by atoms with Crippen molar-refractivity contribution in [2.45, 2.75) is 6.42 Å². The van der Waals surface area contributed by atoms with E-state index in [0.29, 0.717) is 0 Å². The largest absolute Gasteiger partial charge is 0.320 e. The number of rotatable bonds is 1. The molecule has 1 heterocycles. The monoisotopic (exact) mass is 337 g/mol. The van der Waals surface area contributed by atoms with Crippen LogP contribution in [-0.4, -0.2) is 4.98 Å². The van der Waals surface area contributed by atoms with Crippen molar-refractivity contribution >= 4 is 5.57 Å². The zero-order valence-corrected chi connectivity index (χ0v) is 8.71. The third-order valence-corrected chi connectivity index (χ3v) is 1.67. The van der Waals surface area contributed by atoms with Gasteiger partial charge in [-0.1, -0.05) is 18.6 Å². The van der Waals surface area contributed by atoms with Crippen LogP contribution in [0.2, 0.25) is 0 Å². The zero-order chi connectivity index (χ0) is 7.52. The number of allylic oxidation sites excluding steroid dienone is 4. The van der Waals surface area contributed by atoms with Gasteiger partial charge in [-0.25, -0.2) is 0 Å². The van der Waals surface area contributed by atoms with Crippen LogP contribution in [0.1, 0.15) is 12.1 Å². The van der Waals surface area contributed by atoms with Gasteiger partial charge in [0.25, 0.3) is 0 Å². The molecule has 0 N–H and O–H groups in total. The normalized spacial score (nSPS) is 13.8. The predicted octanol–water partition coefficient (Wildman–Crippen LogP) is 2.23. The molecule has 0 atom stereocenters. The molecule has 0 saturated carbocycles. The van der Waals surface area contributed by atoms with Crippen molar-refractivity contribution in [2.24, 2.45) is 0 Å². The van der Waals surface area contributed by atoms with Crippen LogP contribution in [0.3, 0.4) is 0 Å². The van der Waals surface area contributed by atoms with Gasteiger partial charge in [0.05, 0.1) is 0 Å². The van der Waals surface area contributed by atoms with Gasteiger partial charge in [0.15, 0.2) is 0 Å². The van der Waals surface area contributed by atoms with Crippen molar-refractivity contribution in [1.29, 1.82) is 0 Å². The van der Waals surface area contributed by atoms with E-state index in [0.717, 1.165) is 12.1 Å². The van der Waals surface area contributed by atoms with E-state index in [1.54, 1.807) is 0 Å². The molecule has 0 aliphatic heterocycles. The van der Waals surface area contributed by atoms with Gasteiger partial charge in [-0.2, -0.15) is 18.2 Å². The van der Waals surface area contributed by atoms with Crippen molar-refractivity contribution in [3.63, 3.8) is 0 Å². The van der Waals surface area contributed by atoms with Gasteiger partial charge >= 0.3 is 0 Å². The molecule has 1 aromatic rings. The summed E-state index contributed by atoms with van der Waals surface area (Å²) >= 11 is 0. The molecule has 1 aliphatic rings. The average Bonchev–Trinajstić information content (AvgIpc) is 2.58. The van der Waals surface area contributed by atoms with Crippen LogP contribution in [0.4, 0.5) is 0 Å². The molecular formula is C10H8NPt-. The summed E-state index contributed by atoms with van der Waals surface area (Å²) in [4.78, 5) is 4.22.